The van der Waals surface area contributed by atoms with E-state index in [1.807, 2.05) is 0 Å². The molecule has 1 aromatic rings. The van der Waals surface area contributed by atoms with E-state index >= 15 is 0 Å². The summed E-state index contributed by atoms with van der Waals surface area (Å²) in [6, 6.07) is 0. The van der Waals surface area contributed by atoms with Gasteiger partial charge in [-0.3, -0.25) is 5.10 Å². The summed E-state index contributed by atoms with van der Waals surface area (Å²) in [5, 5.41) is 7.21. The number of aromatic amines is 1. The monoisotopic (exact) mass is 213 g/mol. The van der Waals surface area contributed by atoms with E-state index in [9.17, 15) is 0 Å². The Hall–Kier alpha value is -0.640. The SMILES string of the molecule is CCCn1c(C(CC)CC)n[nH]c1=S. The van der Waals surface area contributed by atoms with Crippen molar-refractivity contribution in [3.8, 4) is 0 Å². The highest BCUT2D eigenvalue weighted by atomic mass is 32.1. The zero-order valence-electron chi connectivity index (χ0n) is 9.21. The highest BCUT2D eigenvalue weighted by molar-refractivity contribution is 7.71. The molecular weight excluding hydrogens is 194 g/mol. The molecule has 0 aromatic carbocycles. The molecule has 1 N–H and O–H groups in total. The van der Waals surface area contributed by atoms with Crippen molar-refractivity contribution in [3.63, 3.8) is 0 Å². The Balaban J connectivity index is 3.00. The maximum Gasteiger partial charge on any atom is 0.195 e. The Morgan fingerprint density at radius 1 is 1.36 bits per heavy atom. The number of aromatic nitrogens is 3. The number of H-pyrrole nitrogens is 1. The van der Waals surface area contributed by atoms with Crippen molar-refractivity contribution in [2.24, 2.45) is 0 Å². The van der Waals surface area contributed by atoms with Gasteiger partial charge in [0.1, 0.15) is 5.82 Å². The van der Waals surface area contributed by atoms with E-state index in [-0.39, 0.29) is 0 Å². The zero-order chi connectivity index (χ0) is 10.6. The third-order valence-corrected chi connectivity index (χ3v) is 2.90. The molecule has 0 saturated carbocycles. The number of hydrogen-bond acceptors (Lipinski definition) is 2. The van der Waals surface area contributed by atoms with Gasteiger partial charge in [-0.15, -0.1) is 0 Å². The standard InChI is InChI=1S/C10H19N3S/c1-4-7-13-9(8(5-2)6-3)11-12-10(13)14/h8H,4-7H2,1-3H3,(H,12,14). The predicted octanol–water partition coefficient (Wildman–Crippen LogP) is 3.25. The summed E-state index contributed by atoms with van der Waals surface area (Å²) in [7, 11) is 0. The molecule has 0 fully saturated rings. The summed E-state index contributed by atoms with van der Waals surface area (Å²) in [5.74, 6) is 1.66. The average Bonchev–Trinajstić information content (AvgIpc) is 2.53. The van der Waals surface area contributed by atoms with Crippen LogP contribution < -0.4 is 0 Å². The Bertz CT molecular complexity index is 322. The summed E-state index contributed by atoms with van der Waals surface area (Å²) in [6.07, 6.45) is 3.35. The van der Waals surface area contributed by atoms with Gasteiger partial charge in [-0.2, -0.15) is 5.10 Å². The molecule has 0 radical (unpaired) electrons. The van der Waals surface area contributed by atoms with Gasteiger partial charge in [0.2, 0.25) is 0 Å². The zero-order valence-corrected chi connectivity index (χ0v) is 10.0. The molecule has 14 heavy (non-hydrogen) atoms. The molecule has 0 saturated heterocycles. The largest absolute Gasteiger partial charge is 0.304 e. The van der Waals surface area contributed by atoms with Gasteiger partial charge in [0.25, 0.3) is 0 Å². The van der Waals surface area contributed by atoms with E-state index in [0.717, 1.165) is 36.4 Å². The minimum absolute atomic E-state index is 0.537. The highest BCUT2D eigenvalue weighted by Crippen LogP contribution is 2.21. The highest BCUT2D eigenvalue weighted by Gasteiger charge is 2.14. The van der Waals surface area contributed by atoms with Crippen LogP contribution in [-0.2, 0) is 6.54 Å². The lowest BCUT2D eigenvalue weighted by molar-refractivity contribution is 0.539. The van der Waals surface area contributed by atoms with Crippen molar-refractivity contribution >= 4 is 12.2 Å². The molecule has 0 amide bonds. The fourth-order valence-electron chi connectivity index (χ4n) is 1.74. The lowest BCUT2D eigenvalue weighted by Crippen LogP contribution is -2.08. The lowest BCUT2D eigenvalue weighted by atomic mass is 10.0. The third kappa shape index (κ3) is 2.23. The fraction of sp³-hybridized carbons (Fsp3) is 0.800. The molecule has 0 bridgehead atoms. The van der Waals surface area contributed by atoms with E-state index in [4.69, 9.17) is 12.2 Å². The van der Waals surface area contributed by atoms with E-state index in [2.05, 4.69) is 35.5 Å². The first kappa shape index (κ1) is 11.4. The molecule has 1 aromatic heterocycles. The van der Waals surface area contributed by atoms with Crippen LogP contribution in [0, 0.1) is 4.77 Å². The van der Waals surface area contributed by atoms with Crippen molar-refractivity contribution in [1.82, 2.24) is 14.8 Å². The van der Waals surface area contributed by atoms with Crippen LogP contribution in [0.15, 0.2) is 0 Å². The maximum absolute atomic E-state index is 5.20. The van der Waals surface area contributed by atoms with Crippen molar-refractivity contribution in [3.05, 3.63) is 10.6 Å². The smallest absolute Gasteiger partial charge is 0.195 e. The van der Waals surface area contributed by atoms with Crippen molar-refractivity contribution in [2.45, 2.75) is 52.5 Å². The molecule has 0 aliphatic carbocycles. The van der Waals surface area contributed by atoms with Crippen LogP contribution >= 0.6 is 12.2 Å². The number of rotatable bonds is 5. The first-order valence-corrected chi connectivity index (χ1v) is 5.80. The van der Waals surface area contributed by atoms with Crippen molar-refractivity contribution in [1.29, 1.82) is 0 Å². The fourth-order valence-corrected chi connectivity index (χ4v) is 1.97. The number of nitrogens with one attached hydrogen (secondary N) is 1. The number of hydrogen-bond donors (Lipinski definition) is 1. The Kier molecular flexibility index (Phi) is 4.32. The molecule has 0 atom stereocenters. The van der Waals surface area contributed by atoms with Crippen LogP contribution in [0.1, 0.15) is 51.8 Å². The quantitative estimate of drug-likeness (QED) is 0.762. The van der Waals surface area contributed by atoms with E-state index in [0.29, 0.717) is 5.92 Å². The molecule has 3 nitrogen and oxygen atoms in total. The normalized spacial score (nSPS) is 11.1. The maximum atomic E-state index is 5.20. The molecule has 4 heteroatoms. The van der Waals surface area contributed by atoms with Crippen LogP contribution in [0.3, 0.4) is 0 Å². The Morgan fingerprint density at radius 3 is 2.50 bits per heavy atom. The first-order valence-electron chi connectivity index (χ1n) is 5.39. The van der Waals surface area contributed by atoms with Gasteiger partial charge in [-0.25, -0.2) is 0 Å². The molecular formula is C10H19N3S. The predicted molar refractivity (Wildman–Crippen MR) is 61.0 cm³/mol. The molecule has 80 valence electrons. The van der Waals surface area contributed by atoms with Gasteiger partial charge in [0.15, 0.2) is 4.77 Å². The Labute approximate surface area is 90.5 Å². The second-order valence-electron chi connectivity index (χ2n) is 3.55. The van der Waals surface area contributed by atoms with Gasteiger partial charge in [0, 0.05) is 12.5 Å². The van der Waals surface area contributed by atoms with Crippen LogP contribution in [0.5, 0.6) is 0 Å². The van der Waals surface area contributed by atoms with Crippen LogP contribution in [0.2, 0.25) is 0 Å². The molecule has 0 aliphatic rings. The minimum Gasteiger partial charge on any atom is -0.304 e. The van der Waals surface area contributed by atoms with E-state index < -0.39 is 0 Å². The van der Waals surface area contributed by atoms with E-state index in [1.54, 1.807) is 0 Å². The summed E-state index contributed by atoms with van der Waals surface area (Å²) in [4.78, 5) is 0. The number of nitrogens with zero attached hydrogens (tertiary/aromatic N) is 2. The minimum atomic E-state index is 0.537. The van der Waals surface area contributed by atoms with Gasteiger partial charge in [0.05, 0.1) is 0 Å². The second-order valence-corrected chi connectivity index (χ2v) is 3.94. The van der Waals surface area contributed by atoms with Gasteiger partial charge < -0.3 is 4.57 Å². The molecule has 1 rings (SSSR count). The lowest BCUT2D eigenvalue weighted by Gasteiger charge is -2.12. The molecule has 0 spiro atoms. The topological polar surface area (TPSA) is 33.6 Å². The summed E-state index contributed by atoms with van der Waals surface area (Å²) < 4.78 is 2.89. The van der Waals surface area contributed by atoms with Gasteiger partial charge in [-0.1, -0.05) is 20.8 Å². The first-order chi connectivity index (χ1) is 6.74. The second kappa shape index (κ2) is 5.29. The van der Waals surface area contributed by atoms with Crippen LogP contribution in [0.4, 0.5) is 0 Å². The molecule has 1 heterocycles. The summed E-state index contributed by atoms with van der Waals surface area (Å²) in [6.45, 7) is 7.52. The van der Waals surface area contributed by atoms with Crippen molar-refractivity contribution < 1.29 is 0 Å². The van der Waals surface area contributed by atoms with Crippen LogP contribution in [-0.4, -0.2) is 14.8 Å². The Morgan fingerprint density at radius 2 is 2.00 bits per heavy atom. The third-order valence-electron chi connectivity index (χ3n) is 2.59. The average molecular weight is 213 g/mol. The molecule has 0 aliphatic heterocycles. The summed E-state index contributed by atoms with van der Waals surface area (Å²) >= 11 is 5.20. The van der Waals surface area contributed by atoms with Crippen molar-refractivity contribution in [2.75, 3.05) is 0 Å². The summed E-state index contributed by atoms with van der Waals surface area (Å²) in [5.41, 5.74) is 0. The van der Waals surface area contributed by atoms with Gasteiger partial charge in [-0.05, 0) is 31.5 Å². The van der Waals surface area contributed by atoms with E-state index in [1.165, 1.54) is 0 Å². The van der Waals surface area contributed by atoms with Crippen LogP contribution in [0.25, 0.3) is 0 Å². The van der Waals surface area contributed by atoms with Gasteiger partial charge >= 0.3 is 0 Å². The molecule has 0 unspecified atom stereocenters.